The first-order valence-corrected chi connectivity index (χ1v) is 10.5. The number of carbonyl (C=O) groups is 1. The molecular weight excluding hydrogens is 392 g/mol. The van der Waals surface area contributed by atoms with Crippen LogP contribution in [0.1, 0.15) is 33.9 Å². The Hall–Kier alpha value is -3.26. The number of aryl methyl sites for hydroxylation is 4. The molecule has 1 amide bonds. The van der Waals surface area contributed by atoms with Crippen LogP contribution in [0.3, 0.4) is 0 Å². The molecule has 1 aromatic carbocycles. The van der Waals surface area contributed by atoms with Gasteiger partial charge in [-0.15, -0.1) is 0 Å². The molecule has 0 spiro atoms. The summed E-state index contributed by atoms with van der Waals surface area (Å²) >= 11 is 0. The Morgan fingerprint density at radius 1 is 1.16 bits per heavy atom. The molecule has 1 saturated heterocycles. The molecule has 8 nitrogen and oxygen atoms in total. The molecule has 1 aliphatic rings. The van der Waals surface area contributed by atoms with Gasteiger partial charge in [0.25, 0.3) is 5.91 Å². The fourth-order valence-corrected chi connectivity index (χ4v) is 3.87. The fraction of sp³-hybridized carbons (Fsp3) is 0.391. The number of likely N-dealkylation sites (tertiary alicyclic amines) is 1. The van der Waals surface area contributed by atoms with Crippen LogP contribution in [0.2, 0.25) is 0 Å². The molecule has 0 aliphatic carbocycles. The van der Waals surface area contributed by atoms with Gasteiger partial charge in [0.05, 0.1) is 6.20 Å². The van der Waals surface area contributed by atoms with Crippen molar-refractivity contribution in [2.75, 3.05) is 31.6 Å². The first-order chi connectivity index (χ1) is 14.9. The highest BCUT2D eigenvalue weighted by molar-refractivity contribution is 6.04. The van der Waals surface area contributed by atoms with Crippen molar-refractivity contribution in [3.8, 4) is 16.9 Å². The lowest BCUT2D eigenvalue weighted by Crippen LogP contribution is -2.39. The Labute approximate surface area is 182 Å². The highest BCUT2D eigenvalue weighted by Crippen LogP contribution is 2.35. The van der Waals surface area contributed by atoms with Crippen molar-refractivity contribution in [1.82, 2.24) is 24.6 Å². The fourth-order valence-electron chi connectivity index (χ4n) is 3.87. The number of hydrogen-bond acceptors (Lipinski definition) is 6. The van der Waals surface area contributed by atoms with Crippen LogP contribution in [0.4, 0.5) is 5.69 Å². The van der Waals surface area contributed by atoms with Gasteiger partial charge in [-0.25, -0.2) is 9.97 Å². The zero-order valence-corrected chi connectivity index (χ0v) is 18.5. The Morgan fingerprint density at radius 3 is 2.52 bits per heavy atom. The quantitative estimate of drug-likeness (QED) is 0.632. The van der Waals surface area contributed by atoms with Crippen LogP contribution in [-0.4, -0.2) is 56.8 Å². The molecule has 2 aromatic heterocycles. The van der Waals surface area contributed by atoms with Crippen molar-refractivity contribution < 1.29 is 9.53 Å². The van der Waals surface area contributed by atoms with Gasteiger partial charge in [-0.05, 0) is 64.0 Å². The lowest BCUT2D eigenvalue weighted by molar-refractivity contribution is 0.101. The van der Waals surface area contributed by atoms with Crippen LogP contribution in [-0.2, 0) is 7.05 Å². The Morgan fingerprint density at radius 2 is 1.90 bits per heavy atom. The van der Waals surface area contributed by atoms with Gasteiger partial charge < -0.3 is 10.1 Å². The minimum atomic E-state index is -0.201. The summed E-state index contributed by atoms with van der Waals surface area (Å²) in [6.07, 6.45) is 4.51. The molecule has 31 heavy (non-hydrogen) atoms. The predicted octanol–water partition coefficient (Wildman–Crippen LogP) is 3.14. The summed E-state index contributed by atoms with van der Waals surface area (Å²) in [5.74, 6) is 0.559. The van der Waals surface area contributed by atoms with E-state index >= 15 is 0 Å². The van der Waals surface area contributed by atoms with Crippen molar-refractivity contribution >= 4 is 11.6 Å². The van der Waals surface area contributed by atoms with E-state index < -0.39 is 0 Å². The average Bonchev–Trinajstić information content (AvgIpc) is 3.03. The summed E-state index contributed by atoms with van der Waals surface area (Å²) in [4.78, 5) is 23.9. The summed E-state index contributed by atoms with van der Waals surface area (Å²) < 4.78 is 7.74. The van der Waals surface area contributed by atoms with Crippen LogP contribution < -0.4 is 10.1 Å². The molecule has 0 unspecified atom stereocenters. The van der Waals surface area contributed by atoms with E-state index in [0.717, 1.165) is 53.5 Å². The summed E-state index contributed by atoms with van der Waals surface area (Å²) in [6, 6.07) is 5.70. The van der Waals surface area contributed by atoms with E-state index in [1.165, 1.54) is 6.42 Å². The molecule has 1 N–H and O–H groups in total. The summed E-state index contributed by atoms with van der Waals surface area (Å²) in [5.41, 5.74) is 5.57. The Balaban J connectivity index is 1.64. The first kappa shape index (κ1) is 21.0. The van der Waals surface area contributed by atoms with E-state index in [9.17, 15) is 4.79 Å². The molecule has 4 rings (SSSR count). The van der Waals surface area contributed by atoms with Crippen molar-refractivity contribution in [2.24, 2.45) is 7.05 Å². The maximum Gasteiger partial charge on any atom is 0.274 e. The highest BCUT2D eigenvalue weighted by atomic mass is 16.5. The number of amides is 1. The molecule has 0 atom stereocenters. The molecule has 0 bridgehead atoms. The molecule has 1 fully saturated rings. The lowest BCUT2D eigenvalue weighted by atomic mass is 10.0. The van der Waals surface area contributed by atoms with Crippen LogP contribution in [0, 0.1) is 20.8 Å². The lowest BCUT2D eigenvalue weighted by Gasteiger charge is -2.30. The third-order valence-corrected chi connectivity index (χ3v) is 5.68. The monoisotopic (exact) mass is 420 g/mol. The van der Waals surface area contributed by atoms with Gasteiger partial charge in [-0.2, -0.15) is 5.10 Å². The number of anilines is 1. The zero-order valence-electron chi connectivity index (χ0n) is 18.5. The van der Waals surface area contributed by atoms with E-state index in [1.54, 1.807) is 24.3 Å². The van der Waals surface area contributed by atoms with E-state index in [-0.39, 0.29) is 5.91 Å². The van der Waals surface area contributed by atoms with Crippen LogP contribution in [0.15, 0.2) is 30.7 Å². The smallest absolute Gasteiger partial charge is 0.274 e. The maximum absolute atomic E-state index is 12.8. The second-order valence-corrected chi connectivity index (χ2v) is 7.93. The number of aromatic nitrogens is 4. The largest absolute Gasteiger partial charge is 0.492 e. The maximum atomic E-state index is 12.8. The minimum absolute atomic E-state index is 0.201. The molecule has 0 radical (unpaired) electrons. The second-order valence-electron chi connectivity index (χ2n) is 7.93. The topological polar surface area (TPSA) is 85.2 Å². The SMILES string of the molecule is Cc1cnn(C)c1C(=O)Nc1ccc(OCCN2CCC2)c(-c2c(C)ncnc2C)c1. The number of rotatable bonds is 7. The number of nitrogens with zero attached hydrogens (tertiary/aromatic N) is 5. The van der Waals surface area contributed by atoms with Gasteiger partial charge in [0, 0.05) is 41.8 Å². The normalized spacial score (nSPS) is 13.7. The van der Waals surface area contributed by atoms with E-state index in [0.29, 0.717) is 18.0 Å². The van der Waals surface area contributed by atoms with Crippen LogP contribution in [0.25, 0.3) is 11.1 Å². The van der Waals surface area contributed by atoms with Gasteiger partial charge in [-0.1, -0.05) is 0 Å². The number of ether oxygens (including phenoxy) is 1. The third kappa shape index (κ3) is 4.44. The van der Waals surface area contributed by atoms with Gasteiger partial charge in [0.15, 0.2) is 0 Å². The van der Waals surface area contributed by atoms with Crippen molar-refractivity contribution in [3.05, 3.63) is 53.4 Å². The van der Waals surface area contributed by atoms with Crippen LogP contribution in [0.5, 0.6) is 5.75 Å². The van der Waals surface area contributed by atoms with E-state index in [2.05, 4.69) is 25.3 Å². The van der Waals surface area contributed by atoms with Gasteiger partial charge in [0.1, 0.15) is 24.4 Å². The standard InChI is InChI=1S/C23H28N6O2/c1-15-13-26-28(4)22(15)23(30)27-18-6-7-20(31-11-10-29-8-5-9-29)19(12-18)21-16(2)24-14-25-17(21)3/h6-7,12-14H,5,8-11H2,1-4H3,(H,27,30). The van der Waals surface area contributed by atoms with Crippen molar-refractivity contribution in [2.45, 2.75) is 27.2 Å². The third-order valence-electron chi connectivity index (χ3n) is 5.68. The highest BCUT2D eigenvalue weighted by Gasteiger charge is 2.19. The molecule has 3 heterocycles. The van der Waals surface area contributed by atoms with Gasteiger partial charge >= 0.3 is 0 Å². The molecule has 3 aromatic rings. The van der Waals surface area contributed by atoms with Gasteiger partial charge in [0.2, 0.25) is 0 Å². The van der Waals surface area contributed by atoms with Gasteiger partial charge in [-0.3, -0.25) is 14.4 Å². The number of hydrogen-bond donors (Lipinski definition) is 1. The summed E-state index contributed by atoms with van der Waals surface area (Å²) in [5, 5.41) is 7.15. The summed E-state index contributed by atoms with van der Waals surface area (Å²) in [6.45, 7) is 9.57. The molecular formula is C23H28N6O2. The molecule has 0 saturated carbocycles. The number of nitrogens with one attached hydrogen (secondary N) is 1. The van der Waals surface area contributed by atoms with Crippen molar-refractivity contribution in [3.63, 3.8) is 0 Å². The molecule has 162 valence electrons. The van der Waals surface area contributed by atoms with E-state index in [4.69, 9.17) is 4.74 Å². The molecule has 1 aliphatic heterocycles. The summed E-state index contributed by atoms with van der Waals surface area (Å²) in [7, 11) is 1.76. The molecule has 8 heteroatoms. The van der Waals surface area contributed by atoms with Crippen molar-refractivity contribution in [1.29, 1.82) is 0 Å². The Kier molecular flexibility index (Phi) is 5.99. The second kappa shape index (κ2) is 8.85. The first-order valence-electron chi connectivity index (χ1n) is 10.5. The minimum Gasteiger partial charge on any atom is -0.492 e. The van der Waals surface area contributed by atoms with Crippen LogP contribution >= 0.6 is 0 Å². The number of benzene rings is 1. The predicted molar refractivity (Wildman–Crippen MR) is 119 cm³/mol. The Bertz CT molecular complexity index is 1060. The van der Waals surface area contributed by atoms with E-state index in [1.807, 2.05) is 39.0 Å². The average molecular weight is 421 g/mol. The zero-order chi connectivity index (χ0) is 22.0. The number of carbonyl (C=O) groups excluding carboxylic acids is 1.